The maximum Gasteiger partial charge on any atom is 0.275 e. The molecule has 0 saturated carbocycles. The molecule has 28 heavy (non-hydrogen) atoms. The SMILES string of the molecule is C[C@H](NC(=O)C[NH+]1CCC(c2nc3ccccc3s2)CC1)c1ccc(Cl)cc1. The number of carbonyl (C=O) groups is 1. The van der Waals surface area contributed by atoms with Crippen LogP contribution in [0, 0.1) is 0 Å². The summed E-state index contributed by atoms with van der Waals surface area (Å²) in [6.07, 6.45) is 2.18. The molecular formula is C22H25ClN3OS+. The Morgan fingerprint density at radius 3 is 2.64 bits per heavy atom. The molecule has 1 atom stereocenters. The number of halogens is 1. The van der Waals surface area contributed by atoms with Crippen LogP contribution in [0.5, 0.6) is 0 Å². The molecule has 4 rings (SSSR count). The molecular weight excluding hydrogens is 390 g/mol. The summed E-state index contributed by atoms with van der Waals surface area (Å²) >= 11 is 7.75. The Hall–Kier alpha value is -1.95. The highest BCUT2D eigenvalue weighted by Crippen LogP contribution is 2.31. The van der Waals surface area contributed by atoms with E-state index in [2.05, 4.69) is 23.5 Å². The minimum Gasteiger partial charge on any atom is -0.345 e. The quantitative estimate of drug-likeness (QED) is 0.670. The molecule has 0 bridgehead atoms. The van der Waals surface area contributed by atoms with E-state index in [9.17, 15) is 4.79 Å². The monoisotopic (exact) mass is 414 g/mol. The lowest BCUT2D eigenvalue weighted by atomic mass is 9.97. The van der Waals surface area contributed by atoms with Gasteiger partial charge in [-0.05, 0) is 36.8 Å². The van der Waals surface area contributed by atoms with E-state index >= 15 is 0 Å². The van der Waals surface area contributed by atoms with Gasteiger partial charge in [0.1, 0.15) is 0 Å². The third-order valence-corrected chi connectivity index (χ3v) is 6.96. The number of hydrogen-bond donors (Lipinski definition) is 2. The largest absolute Gasteiger partial charge is 0.345 e. The average Bonchev–Trinajstić information content (AvgIpc) is 3.13. The minimum atomic E-state index is -0.00976. The summed E-state index contributed by atoms with van der Waals surface area (Å²) in [5.74, 6) is 0.632. The molecule has 1 fully saturated rings. The van der Waals surface area contributed by atoms with Crippen molar-refractivity contribution in [3.05, 3.63) is 64.1 Å². The Bertz CT molecular complexity index is 915. The number of fused-ring (bicyclic) bond motifs is 1. The summed E-state index contributed by atoms with van der Waals surface area (Å²) in [4.78, 5) is 18.6. The Kier molecular flexibility index (Phi) is 5.95. The van der Waals surface area contributed by atoms with Crippen LogP contribution in [0.1, 0.15) is 42.3 Å². The first-order valence-electron chi connectivity index (χ1n) is 9.82. The normalized spacial score (nSPS) is 20.8. The molecule has 6 heteroatoms. The van der Waals surface area contributed by atoms with Gasteiger partial charge >= 0.3 is 0 Å². The first kappa shape index (κ1) is 19.4. The number of benzene rings is 2. The Balaban J connectivity index is 1.27. The smallest absolute Gasteiger partial charge is 0.275 e. The third-order valence-electron chi connectivity index (χ3n) is 5.51. The van der Waals surface area contributed by atoms with Crippen LogP contribution in [0.2, 0.25) is 5.02 Å². The molecule has 1 aliphatic rings. The first-order valence-corrected chi connectivity index (χ1v) is 11.0. The maximum atomic E-state index is 12.5. The molecule has 1 aliphatic heterocycles. The number of carbonyl (C=O) groups excluding carboxylic acids is 1. The average molecular weight is 415 g/mol. The highest BCUT2D eigenvalue weighted by molar-refractivity contribution is 7.18. The standard InChI is InChI=1S/C22H24ClN3OS/c1-15(16-6-8-18(23)9-7-16)24-21(27)14-26-12-10-17(11-13-26)22-25-19-4-2-3-5-20(19)28-22/h2-9,15,17H,10-14H2,1H3,(H,24,27)/p+1/t15-/m0/s1. The van der Waals surface area contributed by atoms with E-state index in [1.165, 1.54) is 14.6 Å². The lowest BCUT2D eigenvalue weighted by molar-refractivity contribution is -0.897. The second kappa shape index (κ2) is 8.60. The number of aromatic nitrogens is 1. The van der Waals surface area contributed by atoms with Crippen molar-refractivity contribution in [3.63, 3.8) is 0 Å². The molecule has 0 aliphatic carbocycles. The Morgan fingerprint density at radius 1 is 1.21 bits per heavy atom. The van der Waals surface area contributed by atoms with Gasteiger partial charge in [0.25, 0.3) is 5.91 Å². The molecule has 1 aromatic heterocycles. The van der Waals surface area contributed by atoms with Gasteiger partial charge in [-0.15, -0.1) is 11.3 Å². The number of piperidine rings is 1. The number of nitrogens with one attached hydrogen (secondary N) is 2. The van der Waals surface area contributed by atoms with Crippen LogP contribution in [0.3, 0.4) is 0 Å². The summed E-state index contributed by atoms with van der Waals surface area (Å²) in [5, 5.41) is 5.07. The topological polar surface area (TPSA) is 46.4 Å². The van der Waals surface area contributed by atoms with Gasteiger partial charge in [0.05, 0.1) is 34.4 Å². The maximum absolute atomic E-state index is 12.5. The van der Waals surface area contributed by atoms with Gasteiger partial charge in [-0.2, -0.15) is 0 Å². The number of para-hydroxylation sites is 1. The van der Waals surface area contributed by atoms with E-state index in [0.717, 1.165) is 37.0 Å². The van der Waals surface area contributed by atoms with Crippen LogP contribution in [-0.2, 0) is 4.79 Å². The van der Waals surface area contributed by atoms with E-state index in [0.29, 0.717) is 17.5 Å². The summed E-state index contributed by atoms with van der Waals surface area (Å²) in [5.41, 5.74) is 2.18. The first-order chi connectivity index (χ1) is 13.6. The zero-order chi connectivity index (χ0) is 19.5. The number of nitrogens with zero attached hydrogens (tertiary/aromatic N) is 1. The van der Waals surface area contributed by atoms with Crippen LogP contribution in [0.4, 0.5) is 0 Å². The second-order valence-electron chi connectivity index (χ2n) is 7.56. The van der Waals surface area contributed by atoms with Crippen LogP contribution in [0.15, 0.2) is 48.5 Å². The number of amides is 1. The number of quaternary nitrogens is 1. The number of likely N-dealkylation sites (tertiary alicyclic amines) is 1. The zero-order valence-electron chi connectivity index (χ0n) is 16.0. The number of hydrogen-bond acceptors (Lipinski definition) is 3. The molecule has 146 valence electrons. The zero-order valence-corrected chi connectivity index (χ0v) is 17.5. The van der Waals surface area contributed by atoms with Crippen molar-refractivity contribution in [1.82, 2.24) is 10.3 Å². The highest BCUT2D eigenvalue weighted by Gasteiger charge is 2.27. The van der Waals surface area contributed by atoms with E-state index in [4.69, 9.17) is 16.6 Å². The van der Waals surface area contributed by atoms with Crippen molar-refractivity contribution in [1.29, 1.82) is 0 Å². The van der Waals surface area contributed by atoms with Gasteiger partial charge in [-0.3, -0.25) is 4.79 Å². The molecule has 4 nitrogen and oxygen atoms in total. The van der Waals surface area contributed by atoms with Crippen molar-refractivity contribution in [2.45, 2.75) is 31.7 Å². The predicted octanol–water partition coefficient (Wildman–Crippen LogP) is 3.59. The molecule has 1 saturated heterocycles. The van der Waals surface area contributed by atoms with Crippen molar-refractivity contribution in [2.75, 3.05) is 19.6 Å². The number of thiazole rings is 1. The lowest BCUT2D eigenvalue weighted by Gasteiger charge is -2.28. The fourth-order valence-corrected chi connectivity index (χ4v) is 5.13. The molecule has 0 unspecified atom stereocenters. The fraction of sp³-hybridized carbons (Fsp3) is 0.364. The van der Waals surface area contributed by atoms with Gasteiger partial charge in [0.15, 0.2) is 6.54 Å². The molecule has 2 N–H and O–H groups in total. The summed E-state index contributed by atoms with van der Waals surface area (Å²) < 4.78 is 1.27. The third kappa shape index (κ3) is 4.54. The van der Waals surface area contributed by atoms with Crippen molar-refractivity contribution in [2.24, 2.45) is 0 Å². The molecule has 2 aromatic carbocycles. The van der Waals surface area contributed by atoms with E-state index in [1.807, 2.05) is 48.6 Å². The van der Waals surface area contributed by atoms with Gasteiger partial charge in [-0.25, -0.2) is 4.98 Å². The van der Waals surface area contributed by atoms with Crippen LogP contribution in [-0.4, -0.2) is 30.5 Å². The van der Waals surface area contributed by atoms with Crippen LogP contribution < -0.4 is 10.2 Å². The van der Waals surface area contributed by atoms with Crippen molar-refractivity contribution >= 4 is 39.1 Å². The Labute approximate surface area is 174 Å². The Morgan fingerprint density at radius 2 is 1.93 bits per heavy atom. The molecule has 2 heterocycles. The molecule has 3 aromatic rings. The van der Waals surface area contributed by atoms with Crippen LogP contribution >= 0.6 is 22.9 Å². The van der Waals surface area contributed by atoms with E-state index in [-0.39, 0.29) is 11.9 Å². The van der Waals surface area contributed by atoms with Crippen molar-refractivity contribution in [3.8, 4) is 0 Å². The molecule has 1 amide bonds. The predicted molar refractivity (Wildman–Crippen MR) is 115 cm³/mol. The van der Waals surface area contributed by atoms with Crippen LogP contribution in [0.25, 0.3) is 10.2 Å². The summed E-state index contributed by atoms with van der Waals surface area (Å²) in [7, 11) is 0. The van der Waals surface area contributed by atoms with E-state index in [1.54, 1.807) is 0 Å². The minimum absolute atomic E-state index is 0.00976. The summed E-state index contributed by atoms with van der Waals surface area (Å²) in [6, 6.07) is 16.0. The molecule has 0 spiro atoms. The summed E-state index contributed by atoms with van der Waals surface area (Å²) in [6.45, 7) is 4.58. The highest BCUT2D eigenvalue weighted by atomic mass is 35.5. The van der Waals surface area contributed by atoms with Gasteiger partial charge in [-0.1, -0.05) is 35.9 Å². The number of rotatable bonds is 5. The van der Waals surface area contributed by atoms with Gasteiger partial charge in [0.2, 0.25) is 0 Å². The molecule has 0 radical (unpaired) electrons. The van der Waals surface area contributed by atoms with Gasteiger partial charge < -0.3 is 10.2 Å². The fourth-order valence-electron chi connectivity index (χ4n) is 3.87. The second-order valence-corrected chi connectivity index (χ2v) is 9.06. The van der Waals surface area contributed by atoms with Gasteiger partial charge in [0, 0.05) is 23.8 Å². The van der Waals surface area contributed by atoms with Crippen molar-refractivity contribution < 1.29 is 9.69 Å². The van der Waals surface area contributed by atoms with E-state index < -0.39 is 0 Å². The lowest BCUT2D eigenvalue weighted by Crippen LogP contribution is -3.14.